The van der Waals surface area contributed by atoms with Crippen LogP contribution in [0.2, 0.25) is 5.02 Å². The van der Waals surface area contributed by atoms with Gasteiger partial charge in [-0.25, -0.2) is 8.42 Å². The molecule has 22 heavy (non-hydrogen) atoms. The van der Waals surface area contributed by atoms with Gasteiger partial charge in [-0.1, -0.05) is 11.6 Å². The molecule has 0 aromatic heterocycles. The highest BCUT2D eigenvalue weighted by molar-refractivity contribution is 7.91. The Morgan fingerprint density at radius 2 is 2.23 bits per heavy atom. The molecule has 1 N–H and O–H groups in total. The van der Waals surface area contributed by atoms with E-state index in [0.29, 0.717) is 31.0 Å². The maximum absolute atomic E-state index is 11.8. The molecule has 0 radical (unpaired) electrons. The molecule has 1 aliphatic rings. The minimum absolute atomic E-state index is 0.0285. The predicted molar refractivity (Wildman–Crippen MR) is 86.1 cm³/mol. The summed E-state index contributed by atoms with van der Waals surface area (Å²) in [6.45, 7) is 2.87. The number of rotatable bonds is 6. The van der Waals surface area contributed by atoms with E-state index in [2.05, 4.69) is 5.32 Å². The number of hydrogen-bond acceptors (Lipinski definition) is 4. The van der Waals surface area contributed by atoms with Crippen LogP contribution in [0.4, 0.5) is 0 Å². The molecule has 0 spiro atoms. The van der Waals surface area contributed by atoms with Gasteiger partial charge in [-0.15, -0.1) is 0 Å². The first-order valence-corrected chi connectivity index (χ1v) is 9.44. The number of amides is 1. The van der Waals surface area contributed by atoms with Gasteiger partial charge in [0.15, 0.2) is 9.84 Å². The van der Waals surface area contributed by atoms with E-state index in [4.69, 9.17) is 16.3 Å². The highest BCUT2D eigenvalue weighted by atomic mass is 35.5. The first kappa shape index (κ1) is 17.1. The Labute approximate surface area is 135 Å². The molecular formula is C15H20ClNO4S. The molecular weight excluding hydrogens is 326 g/mol. The molecule has 122 valence electrons. The molecule has 1 fully saturated rings. The number of ether oxygens (including phenoxy) is 1. The smallest absolute Gasteiger partial charge is 0.224 e. The van der Waals surface area contributed by atoms with Crippen LogP contribution in [0.25, 0.3) is 0 Å². The molecule has 0 saturated carbocycles. The van der Waals surface area contributed by atoms with Crippen molar-refractivity contribution in [1.29, 1.82) is 0 Å². The summed E-state index contributed by atoms with van der Waals surface area (Å²) in [6.07, 6.45) is 1.09. The molecule has 0 bridgehead atoms. The second kappa shape index (κ2) is 7.33. The summed E-state index contributed by atoms with van der Waals surface area (Å²) in [5.74, 6) is 0.286. The van der Waals surface area contributed by atoms with Crippen LogP contribution in [-0.2, 0) is 14.6 Å². The molecule has 7 heteroatoms. The van der Waals surface area contributed by atoms with E-state index >= 15 is 0 Å². The van der Waals surface area contributed by atoms with Crippen LogP contribution in [-0.4, -0.2) is 39.0 Å². The summed E-state index contributed by atoms with van der Waals surface area (Å²) in [6, 6.07) is 5.42. The van der Waals surface area contributed by atoms with Gasteiger partial charge in [0.2, 0.25) is 5.91 Å². The lowest BCUT2D eigenvalue weighted by Crippen LogP contribution is -2.32. The fourth-order valence-electron chi connectivity index (χ4n) is 2.39. The Kier molecular flexibility index (Phi) is 5.69. The number of carbonyl (C=O) groups is 1. The number of aryl methyl sites for hydroxylation is 1. The zero-order valence-corrected chi connectivity index (χ0v) is 14.0. The molecule has 1 amide bonds. The van der Waals surface area contributed by atoms with E-state index in [1.54, 1.807) is 6.07 Å². The molecule has 1 aliphatic heterocycles. The molecule has 0 aliphatic carbocycles. The number of hydrogen-bond donors (Lipinski definition) is 1. The minimum Gasteiger partial charge on any atom is -0.493 e. The number of benzene rings is 1. The first-order chi connectivity index (χ1) is 10.4. The summed E-state index contributed by atoms with van der Waals surface area (Å²) in [7, 11) is -3.02. The van der Waals surface area contributed by atoms with Gasteiger partial charge in [0, 0.05) is 11.6 Å². The summed E-state index contributed by atoms with van der Waals surface area (Å²) in [5.41, 5.74) is 0.965. The van der Waals surface area contributed by atoms with Gasteiger partial charge in [0.1, 0.15) is 5.75 Å². The van der Waals surface area contributed by atoms with Gasteiger partial charge in [-0.3, -0.25) is 4.79 Å². The third-order valence-electron chi connectivity index (χ3n) is 3.62. The van der Waals surface area contributed by atoms with Crippen LogP contribution in [0, 0.1) is 12.8 Å². The van der Waals surface area contributed by atoms with E-state index in [1.165, 1.54) is 0 Å². The second-order valence-corrected chi connectivity index (χ2v) is 8.17. The number of halogens is 1. The monoisotopic (exact) mass is 345 g/mol. The quantitative estimate of drug-likeness (QED) is 0.800. The lowest BCUT2D eigenvalue weighted by Gasteiger charge is -2.11. The molecule has 1 saturated heterocycles. The molecule has 1 aromatic carbocycles. The van der Waals surface area contributed by atoms with Crippen molar-refractivity contribution in [2.24, 2.45) is 5.92 Å². The summed E-state index contributed by atoms with van der Waals surface area (Å²) >= 11 is 5.87. The van der Waals surface area contributed by atoms with Crippen molar-refractivity contribution in [3.05, 3.63) is 28.8 Å². The van der Waals surface area contributed by atoms with Crippen LogP contribution >= 0.6 is 11.6 Å². The second-order valence-electron chi connectivity index (χ2n) is 5.50. The normalized spacial score (nSPS) is 19.8. The maximum atomic E-state index is 11.8. The largest absolute Gasteiger partial charge is 0.493 e. The molecule has 1 atom stereocenters. The van der Waals surface area contributed by atoms with Crippen molar-refractivity contribution in [3.63, 3.8) is 0 Å². The third kappa shape index (κ3) is 4.88. The van der Waals surface area contributed by atoms with Gasteiger partial charge >= 0.3 is 0 Å². The summed E-state index contributed by atoms with van der Waals surface area (Å²) in [4.78, 5) is 11.8. The lowest BCUT2D eigenvalue weighted by atomic mass is 10.1. The predicted octanol–water partition coefficient (Wildman–Crippen LogP) is 1.97. The van der Waals surface area contributed by atoms with Crippen LogP contribution in [0.15, 0.2) is 18.2 Å². The topological polar surface area (TPSA) is 72.5 Å². The zero-order valence-electron chi connectivity index (χ0n) is 12.5. The first-order valence-electron chi connectivity index (χ1n) is 7.24. The van der Waals surface area contributed by atoms with Crippen molar-refractivity contribution in [2.45, 2.75) is 19.8 Å². The van der Waals surface area contributed by atoms with Crippen molar-refractivity contribution < 1.29 is 17.9 Å². The van der Waals surface area contributed by atoms with Crippen molar-refractivity contribution >= 4 is 27.3 Å². The van der Waals surface area contributed by atoms with E-state index in [-0.39, 0.29) is 17.4 Å². The van der Waals surface area contributed by atoms with Gasteiger partial charge < -0.3 is 10.1 Å². The minimum atomic E-state index is -3.02. The zero-order chi connectivity index (χ0) is 16.2. The van der Waals surface area contributed by atoms with Gasteiger partial charge in [-0.2, -0.15) is 0 Å². The van der Waals surface area contributed by atoms with Gasteiger partial charge in [-0.05, 0) is 43.5 Å². The maximum Gasteiger partial charge on any atom is 0.224 e. The number of carbonyl (C=O) groups excluding carboxylic acids is 1. The van der Waals surface area contributed by atoms with Crippen molar-refractivity contribution in [1.82, 2.24) is 5.32 Å². The number of sulfone groups is 1. The average molecular weight is 346 g/mol. The SMILES string of the molecule is Cc1cc(Cl)ccc1OCCCNC(=O)C1CCS(=O)(=O)C1. The van der Waals surface area contributed by atoms with Crippen LogP contribution < -0.4 is 10.1 Å². The van der Waals surface area contributed by atoms with Crippen molar-refractivity contribution in [3.8, 4) is 5.75 Å². The van der Waals surface area contributed by atoms with E-state index < -0.39 is 15.8 Å². The Morgan fingerprint density at radius 1 is 1.45 bits per heavy atom. The van der Waals surface area contributed by atoms with E-state index in [9.17, 15) is 13.2 Å². The van der Waals surface area contributed by atoms with Gasteiger partial charge in [0.25, 0.3) is 0 Å². The number of nitrogens with one attached hydrogen (secondary N) is 1. The fraction of sp³-hybridized carbons (Fsp3) is 0.533. The van der Waals surface area contributed by atoms with Crippen molar-refractivity contribution in [2.75, 3.05) is 24.7 Å². The van der Waals surface area contributed by atoms with Crippen LogP contribution in [0.1, 0.15) is 18.4 Å². The fourth-order valence-corrected chi connectivity index (χ4v) is 4.35. The Bertz CT molecular complexity index is 645. The van der Waals surface area contributed by atoms with E-state index in [1.807, 2.05) is 19.1 Å². The molecule has 5 nitrogen and oxygen atoms in total. The molecule has 2 rings (SSSR count). The Morgan fingerprint density at radius 3 is 2.86 bits per heavy atom. The van der Waals surface area contributed by atoms with Crippen LogP contribution in [0.5, 0.6) is 5.75 Å². The Hall–Kier alpha value is -1.27. The standard InChI is InChI=1S/C15H20ClNO4S/c1-11-9-13(16)3-4-14(11)21-7-2-6-17-15(18)12-5-8-22(19,20)10-12/h3-4,9,12H,2,5-8,10H2,1H3,(H,17,18). The molecule has 1 heterocycles. The van der Waals surface area contributed by atoms with Gasteiger partial charge in [0.05, 0.1) is 24.0 Å². The highest BCUT2D eigenvalue weighted by Gasteiger charge is 2.32. The molecule has 1 aromatic rings. The molecule has 1 unspecified atom stereocenters. The lowest BCUT2D eigenvalue weighted by molar-refractivity contribution is -0.124. The third-order valence-corrected chi connectivity index (χ3v) is 5.62. The Balaban J connectivity index is 1.66. The van der Waals surface area contributed by atoms with E-state index in [0.717, 1.165) is 11.3 Å². The summed E-state index contributed by atoms with van der Waals surface area (Å²) < 4.78 is 28.3. The average Bonchev–Trinajstić information content (AvgIpc) is 2.81. The summed E-state index contributed by atoms with van der Waals surface area (Å²) in [5, 5.41) is 3.44. The highest BCUT2D eigenvalue weighted by Crippen LogP contribution is 2.22. The van der Waals surface area contributed by atoms with Crippen LogP contribution in [0.3, 0.4) is 0 Å².